The molecular weight excluding hydrogens is 290 g/mol. The van der Waals surface area contributed by atoms with Crippen LogP contribution in [0.4, 0.5) is 0 Å². The number of hydrogen-bond donors (Lipinski definition) is 0. The molecule has 0 unspecified atom stereocenters. The van der Waals surface area contributed by atoms with Gasteiger partial charge >= 0.3 is 0 Å². The van der Waals surface area contributed by atoms with Crippen molar-refractivity contribution in [2.24, 2.45) is 0 Å². The first-order chi connectivity index (χ1) is 11.2. The largest absolute Gasteiger partial charge is 0.464 e. The van der Waals surface area contributed by atoms with Crippen LogP contribution in [0.15, 0.2) is 22.8 Å². The fourth-order valence-electron chi connectivity index (χ4n) is 3.90. The maximum absolute atomic E-state index is 12.6. The van der Waals surface area contributed by atoms with Gasteiger partial charge in [0, 0.05) is 31.1 Å². The van der Waals surface area contributed by atoms with Crippen molar-refractivity contribution in [3.63, 3.8) is 0 Å². The van der Waals surface area contributed by atoms with Crippen molar-refractivity contribution >= 4 is 16.9 Å². The molecule has 0 atom stereocenters. The standard InChI is InChI=1S/C19H23NO3/c1-22-16-5-7-20(8-6-16)19(21)11-15-12-23-18-10-14-4-2-3-13(14)9-17(15)18/h9-10,12,16H,2-8,11H2,1H3. The minimum atomic E-state index is 0.197. The summed E-state index contributed by atoms with van der Waals surface area (Å²) in [6.45, 7) is 1.59. The zero-order valence-corrected chi connectivity index (χ0v) is 13.6. The van der Waals surface area contributed by atoms with Crippen LogP contribution >= 0.6 is 0 Å². The zero-order valence-electron chi connectivity index (χ0n) is 13.6. The van der Waals surface area contributed by atoms with E-state index in [4.69, 9.17) is 9.15 Å². The van der Waals surface area contributed by atoms with E-state index >= 15 is 0 Å². The van der Waals surface area contributed by atoms with E-state index in [1.165, 1.54) is 17.5 Å². The van der Waals surface area contributed by atoms with Crippen molar-refractivity contribution in [1.82, 2.24) is 4.90 Å². The van der Waals surface area contributed by atoms with E-state index in [1.54, 1.807) is 13.4 Å². The van der Waals surface area contributed by atoms with Gasteiger partial charge in [-0.2, -0.15) is 0 Å². The molecule has 122 valence electrons. The summed E-state index contributed by atoms with van der Waals surface area (Å²) in [4.78, 5) is 14.5. The van der Waals surface area contributed by atoms with Gasteiger partial charge in [0.1, 0.15) is 5.58 Å². The van der Waals surface area contributed by atoms with Gasteiger partial charge in [-0.15, -0.1) is 0 Å². The molecule has 1 saturated heterocycles. The number of amides is 1. The molecule has 2 aromatic rings. The molecule has 4 heteroatoms. The molecule has 1 aromatic heterocycles. The predicted molar refractivity (Wildman–Crippen MR) is 88.6 cm³/mol. The van der Waals surface area contributed by atoms with E-state index in [9.17, 15) is 4.79 Å². The normalized spacial score (nSPS) is 18.6. The second kappa shape index (κ2) is 6.00. The summed E-state index contributed by atoms with van der Waals surface area (Å²) >= 11 is 0. The number of methoxy groups -OCH3 is 1. The first kappa shape index (κ1) is 14.8. The number of carbonyl (C=O) groups is 1. The third-order valence-electron chi connectivity index (χ3n) is 5.34. The van der Waals surface area contributed by atoms with Crippen LogP contribution in [0.5, 0.6) is 0 Å². The summed E-state index contributed by atoms with van der Waals surface area (Å²) in [6, 6.07) is 4.40. The number of fused-ring (bicyclic) bond motifs is 2. The number of piperidine rings is 1. The summed E-state index contributed by atoms with van der Waals surface area (Å²) in [6.07, 6.45) is 7.89. The van der Waals surface area contributed by atoms with Crippen molar-refractivity contribution < 1.29 is 13.9 Å². The molecule has 1 aliphatic heterocycles. The third-order valence-corrected chi connectivity index (χ3v) is 5.34. The number of hydrogen-bond acceptors (Lipinski definition) is 3. The second-order valence-corrected chi connectivity index (χ2v) is 6.72. The van der Waals surface area contributed by atoms with Gasteiger partial charge in [-0.05, 0) is 55.4 Å². The quantitative estimate of drug-likeness (QED) is 0.874. The highest BCUT2D eigenvalue weighted by atomic mass is 16.5. The molecule has 0 saturated carbocycles. The summed E-state index contributed by atoms with van der Waals surface area (Å²) in [5.41, 5.74) is 4.78. The molecule has 1 aromatic carbocycles. The number of ether oxygens (including phenoxy) is 1. The van der Waals surface area contributed by atoms with Crippen LogP contribution in [-0.2, 0) is 28.8 Å². The summed E-state index contributed by atoms with van der Waals surface area (Å²) in [5, 5.41) is 1.12. The minimum Gasteiger partial charge on any atom is -0.464 e. The predicted octanol–water partition coefficient (Wildman–Crippen LogP) is 3.10. The van der Waals surface area contributed by atoms with Gasteiger partial charge < -0.3 is 14.1 Å². The Morgan fingerprint density at radius 2 is 2.00 bits per heavy atom. The number of carbonyl (C=O) groups excluding carboxylic acids is 1. The molecule has 4 rings (SSSR count). The maximum Gasteiger partial charge on any atom is 0.227 e. The Hall–Kier alpha value is -1.81. The maximum atomic E-state index is 12.6. The smallest absolute Gasteiger partial charge is 0.227 e. The zero-order chi connectivity index (χ0) is 15.8. The molecule has 1 amide bonds. The van der Waals surface area contributed by atoms with Crippen molar-refractivity contribution in [2.45, 2.75) is 44.6 Å². The van der Waals surface area contributed by atoms with E-state index in [0.29, 0.717) is 12.5 Å². The van der Waals surface area contributed by atoms with Crippen LogP contribution in [0.25, 0.3) is 11.0 Å². The molecule has 2 aliphatic rings. The number of furan rings is 1. The lowest BCUT2D eigenvalue weighted by atomic mass is 10.0. The van der Waals surface area contributed by atoms with Crippen molar-refractivity contribution in [2.75, 3.05) is 20.2 Å². The molecule has 0 bridgehead atoms. The van der Waals surface area contributed by atoms with E-state index in [0.717, 1.165) is 55.3 Å². The fraction of sp³-hybridized carbons (Fsp3) is 0.526. The lowest BCUT2D eigenvalue weighted by molar-refractivity contribution is -0.132. The van der Waals surface area contributed by atoms with E-state index < -0.39 is 0 Å². The number of likely N-dealkylation sites (tertiary alicyclic amines) is 1. The number of benzene rings is 1. The second-order valence-electron chi connectivity index (χ2n) is 6.72. The molecule has 2 heterocycles. The summed E-state index contributed by atoms with van der Waals surface area (Å²) in [7, 11) is 1.75. The molecule has 23 heavy (non-hydrogen) atoms. The van der Waals surface area contributed by atoms with Gasteiger partial charge in [0.2, 0.25) is 5.91 Å². The molecule has 1 fully saturated rings. The van der Waals surface area contributed by atoms with Crippen LogP contribution in [0.1, 0.15) is 36.0 Å². The van der Waals surface area contributed by atoms with Crippen LogP contribution in [-0.4, -0.2) is 37.1 Å². The van der Waals surface area contributed by atoms with Crippen molar-refractivity contribution in [3.8, 4) is 0 Å². The Kier molecular flexibility index (Phi) is 3.85. The molecule has 0 spiro atoms. The minimum absolute atomic E-state index is 0.197. The Balaban J connectivity index is 1.50. The number of aryl methyl sites for hydroxylation is 2. The van der Waals surface area contributed by atoms with Crippen LogP contribution in [0, 0.1) is 0 Å². The van der Waals surface area contributed by atoms with Gasteiger partial charge in [-0.25, -0.2) is 0 Å². The Morgan fingerprint density at radius 1 is 1.26 bits per heavy atom. The van der Waals surface area contributed by atoms with Crippen LogP contribution in [0.2, 0.25) is 0 Å². The van der Waals surface area contributed by atoms with E-state index in [1.807, 2.05) is 4.90 Å². The third kappa shape index (κ3) is 2.76. The molecule has 0 radical (unpaired) electrons. The van der Waals surface area contributed by atoms with E-state index in [-0.39, 0.29) is 5.91 Å². The first-order valence-electron chi connectivity index (χ1n) is 8.57. The summed E-state index contributed by atoms with van der Waals surface area (Å²) < 4.78 is 11.1. The van der Waals surface area contributed by atoms with Crippen molar-refractivity contribution in [3.05, 3.63) is 35.1 Å². The molecule has 0 N–H and O–H groups in total. The monoisotopic (exact) mass is 313 g/mol. The first-order valence-corrected chi connectivity index (χ1v) is 8.57. The van der Waals surface area contributed by atoms with Crippen LogP contribution < -0.4 is 0 Å². The Bertz CT molecular complexity index is 726. The number of nitrogens with zero attached hydrogens (tertiary/aromatic N) is 1. The number of rotatable bonds is 3. The Morgan fingerprint density at radius 3 is 2.74 bits per heavy atom. The van der Waals surface area contributed by atoms with Gasteiger partial charge in [0.15, 0.2) is 0 Å². The molecule has 4 nitrogen and oxygen atoms in total. The van der Waals surface area contributed by atoms with Crippen molar-refractivity contribution in [1.29, 1.82) is 0 Å². The lowest BCUT2D eigenvalue weighted by Gasteiger charge is -2.31. The highest BCUT2D eigenvalue weighted by Gasteiger charge is 2.24. The molecule has 1 aliphatic carbocycles. The highest BCUT2D eigenvalue weighted by Crippen LogP contribution is 2.30. The lowest BCUT2D eigenvalue weighted by Crippen LogP contribution is -2.41. The van der Waals surface area contributed by atoms with Gasteiger partial charge in [-0.3, -0.25) is 4.79 Å². The molecular formula is C19H23NO3. The van der Waals surface area contributed by atoms with Gasteiger partial charge in [0.05, 0.1) is 18.8 Å². The van der Waals surface area contributed by atoms with E-state index in [2.05, 4.69) is 12.1 Å². The topological polar surface area (TPSA) is 42.7 Å². The average Bonchev–Trinajstić information content (AvgIpc) is 3.19. The average molecular weight is 313 g/mol. The fourth-order valence-corrected chi connectivity index (χ4v) is 3.90. The highest BCUT2D eigenvalue weighted by molar-refractivity contribution is 5.88. The van der Waals surface area contributed by atoms with Gasteiger partial charge in [0.25, 0.3) is 0 Å². The summed E-state index contributed by atoms with van der Waals surface area (Å²) in [5.74, 6) is 0.197. The van der Waals surface area contributed by atoms with Gasteiger partial charge in [-0.1, -0.05) is 0 Å². The SMILES string of the molecule is COC1CCN(C(=O)Cc2coc3cc4c(cc23)CCC4)CC1. The Labute approximate surface area is 136 Å². The van der Waals surface area contributed by atoms with Crippen LogP contribution in [0.3, 0.4) is 0 Å².